The molecule has 0 saturated carbocycles. The smallest absolute Gasteiger partial charge is 0.271 e. The van der Waals surface area contributed by atoms with Crippen molar-refractivity contribution in [2.45, 2.75) is 11.1 Å². The van der Waals surface area contributed by atoms with Crippen molar-refractivity contribution in [1.29, 1.82) is 0 Å². The summed E-state index contributed by atoms with van der Waals surface area (Å²) in [6.07, 6.45) is 1.76. The molecule has 1 N–H and O–H groups in total. The first-order valence-electron chi connectivity index (χ1n) is 8.84. The van der Waals surface area contributed by atoms with Crippen molar-refractivity contribution in [1.82, 2.24) is 9.88 Å². The molecule has 0 spiro atoms. The van der Waals surface area contributed by atoms with Gasteiger partial charge in [-0.1, -0.05) is 17.7 Å². The summed E-state index contributed by atoms with van der Waals surface area (Å²) < 4.78 is 29.6. The highest BCUT2D eigenvalue weighted by molar-refractivity contribution is 7.94. The minimum absolute atomic E-state index is 0.307. The SMILES string of the molecule is Cc1ccc(NS(=O)(=O)c2cc3c(N4CCN(C)CC4)nccc3s2)cc1. The third kappa shape index (κ3) is 3.78. The van der Waals surface area contributed by atoms with Crippen molar-refractivity contribution < 1.29 is 8.42 Å². The Balaban J connectivity index is 1.66. The van der Waals surface area contributed by atoms with Crippen LogP contribution in [-0.2, 0) is 10.0 Å². The molecule has 142 valence electrons. The number of likely N-dealkylation sites (N-methyl/N-ethyl adjacent to an activating group) is 1. The van der Waals surface area contributed by atoms with Crippen LogP contribution in [0, 0.1) is 6.92 Å². The second-order valence-electron chi connectivity index (χ2n) is 6.87. The van der Waals surface area contributed by atoms with E-state index in [1.165, 1.54) is 11.3 Å². The van der Waals surface area contributed by atoms with E-state index < -0.39 is 10.0 Å². The second-order valence-corrected chi connectivity index (χ2v) is 9.87. The van der Waals surface area contributed by atoms with E-state index in [1.807, 2.05) is 25.1 Å². The zero-order valence-corrected chi connectivity index (χ0v) is 17.0. The van der Waals surface area contributed by atoms with E-state index in [2.05, 4.69) is 26.6 Å². The number of hydrogen-bond acceptors (Lipinski definition) is 6. The predicted molar refractivity (Wildman–Crippen MR) is 111 cm³/mol. The maximum absolute atomic E-state index is 12.8. The van der Waals surface area contributed by atoms with Crippen molar-refractivity contribution in [3.05, 3.63) is 48.2 Å². The highest BCUT2D eigenvalue weighted by Gasteiger charge is 2.22. The number of rotatable bonds is 4. The highest BCUT2D eigenvalue weighted by atomic mass is 32.2. The van der Waals surface area contributed by atoms with Crippen molar-refractivity contribution in [2.75, 3.05) is 42.8 Å². The van der Waals surface area contributed by atoms with E-state index in [0.717, 1.165) is 47.6 Å². The van der Waals surface area contributed by atoms with Gasteiger partial charge in [0.15, 0.2) is 0 Å². The van der Waals surface area contributed by atoms with Crippen molar-refractivity contribution in [2.24, 2.45) is 0 Å². The van der Waals surface area contributed by atoms with E-state index in [-0.39, 0.29) is 0 Å². The minimum Gasteiger partial charge on any atom is -0.354 e. The molecule has 4 rings (SSSR count). The number of sulfonamides is 1. The summed E-state index contributed by atoms with van der Waals surface area (Å²) in [7, 11) is -1.52. The first-order valence-corrected chi connectivity index (χ1v) is 11.1. The fraction of sp³-hybridized carbons (Fsp3) is 0.316. The van der Waals surface area contributed by atoms with Gasteiger partial charge in [0.05, 0.1) is 0 Å². The lowest BCUT2D eigenvalue weighted by Gasteiger charge is -2.33. The van der Waals surface area contributed by atoms with Gasteiger partial charge in [0, 0.05) is 48.1 Å². The van der Waals surface area contributed by atoms with Gasteiger partial charge >= 0.3 is 0 Å². The van der Waals surface area contributed by atoms with Crippen LogP contribution in [0.4, 0.5) is 11.5 Å². The quantitative estimate of drug-likeness (QED) is 0.726. The van der Waals surface area contributed by atoms with Gasteiger partial charge in [-0.3, -0.25) is 4.72 Å². The van der Waals surface area contributed by atoms with Crippen LogP contribution < -0.4 is 9.62 Å². The summed E-state index contributed by atoms with van der Waals surface area (Å²) in [5, 5.41) is 0.899. The van der Waals surface area contributed by atoms with Gasteiger partial charge in [0.2, 0.25) is 0 Å². The van der Waals surface area contributed by atoms with Crippen LogP contribution in [0.2, 0.25) is 0 Å². The number of aryl methyl sites for hydroxylation is 1. The average molecular weight is 403 g/mol. The summed E-state index contributed by atoms with van der Waals surface area (Å²) in [6, 6.07) is 11.0. The highest BCUT2D eigenvalue weighted by Crippen LogP contribution is 2.35. The van der Waals surface area contributed by atoms with Gasteiger partial charge in [0.1, 0.15) is 10.0 Å². The fourth-order valence-electron chi connectivity index (χ4n) is 3.16. The number of hydrogen-bond donors (Lipinski definition) is 1. The number of fused-ring (bicyclic) bond motifs is 1. The first kappa shape index (κ1) is 18.2. The summed E-state index contributed by atoms with van der Waals surface area (Å²) >= 11 is 1.28. The molecule has 2 aromatic heterocycles. The molecular weight excluding hydrogens is 380 g/mol. The normalized spacial score (nSPS) is 16.0. The number of aromatic nitrogens is 1. The lowest BCUT2D eigenvalue weighted by atomic mass is 10.2. The molecule has 1 aromatic carbocycles. The summed E-state index contributed by atoms with van der Waals surface area (Å²) in [5.41, 5.74) is 1.65. The van der Waals surface area contributed by atoms with Crippen LogP contribution in [0.15, 0.2) is 46.8 Å². The maximum atomic E-state index is 12.8. The van der Waals surface area contributed by atoms with Crippen molar-refractivity contribution in [3.8, 4) is 0 Å². The Morgan fingerprint density at radius 1 is 1.07 bits per heavy atom. The molecule has 0 radical (unpaired) electrons. The van der Waals surface area contributed by atoms with Crippen LogP contribution >= 0.6 is 11.3 Å². The topological polar surface area (TPSA) is 65.5 Å². The van der Waals surface area contributed by atoms with Crippen LogP contribution in [0.25, 0.3) is 10.1 Å². The number of benzene rings is 1. The zero-order chi connectivity index (χ0) is 19.0. The van der Waals surface area contributed by atoms with E-state index in [9.17, 15) is 8.42 Å². The molecule has 0 atom stereocenters. The Morgan fingerprint density at radius 3 is 2.48 bits per heavy atom. The Morgan fingerprint density at radius 2 is 1.78 bits per heavy atom. The van der Waals surface area contributed by atoms with Crippen LogP contribution in [0.3, 0.4) is 0 Å². The molecule has 1 saturated heterocycles. The van der Waals surface area contributed by atoms with E-state index >= 15 is 0 Å². The van der Waals surface area contributed by atoms with E-state index in [0.29, 0.717) is 9.90 Å². The van der Waals surface area contributed by atoms with Gasteiger partial charge < -0.3 is 9.80 Å². The molecule has 8 heteroatoms. The molecular formula is C19H22N4O2S2. The van der Waals surface area contributed by atoms with Crippen LogP contribution in [0.1, 0.15) is 5.56 Å². The van der Waals surface area contributed by atoms with Gasteiger partial charge in [-0.05, 0) is 38.2 Å². The molecule has 6 nitrogen and oxygen atoms in total. The van der Waals surface area contributed by atoms with Crippen molar-refractivity contribution >= 4 is 43.0 Å². The Labute approximate surface area is 163 Å². The number of pyridine rings is 1. The van der Waals surface area contributed by atoms with Gasteiger partial charge in [-0.2, -0.15) is 0 Å². The third-order valence-electron chi connectivity index (χ3n) is 4.77. The summed E-state index contributed by atoms with van der Waals surface area (Å²) in [5.74, 6) is 0.869. The van der Waals surface area contributed by atoms with Crippen molar-refractivity contribution in [3.63, 3.8) is 0 Å². The molecule has 0 amide bonds. The van der Waals surface area contributed by atoms with Gasteiger partial charge in [0.25, 0.3) is 10.0 Å². The van der Waals surface area contributed by atoms with Gasteiger partial charge in [-0.25, -0.2) is 13.4 Å². The number of nitrogens with one attached hydrogen (secondary N) is 1. The van der Waals surface area contributed by atoms with Crippen LogP contribution in [-0.4, -0.2) is 51.5 Å². The molecule has 3 aromatic rings. The Bertz CT molecular complexity index is 1050. The number of thiophene rings is 1. The maximum Gasteiger partial charge on any atom is 0.271 e. The largest absolute Gasteiger partial charge is 0.354 e. The van der Waals surface area contributed by atoms with Gasteiger partial charge in [-0.15, -0.1) is 11.3 Å². The Kier molecular flexibility index (Phi) is 4.79. The lowest BCUT2D eigenvalue weighted by molar-refractivity contribution is 0.312. The van der Waals surface area contributed by atoms with E-state index in [1.54, 1.807) is 24.4 Å². The molecule has 1 fully saturated rings. The number of anilines is 2. The Hall–Kier alpha value is -2.16. The molecule has 0 bridgehead atoms. The molecule has 27 heavy (non-hydrogen) atoms. The van der Waals surface area contributed by atoms with E-state index in [4.69, 9.17) is 0 Å². The zero-order valence-electron chi connectivity index (χ0n) is 15.3. The second kappa shape index (κ2) is 7.10. The fourth-order valence-corrected chi connectivity index (χ4v) is 5.59. The molecule has 0 unspecified atom stereocenters. The first-order chi connectivity index (χ1) is 12.9. The molecule has 1 aliphatic rings. The molecule has 1 aliphatic heterocycles. The molecule has 3 heterocycles. The number of piperazine rings is 1. The third-order valence-corrected chi connectivity index (χ3v) is 7.73. The summed E-state index contributed by atoms with van der Waals surface area (Å²) in [6.45, 7) is 5.70. The summed E-state index contributed by atoms with van der Waals surface area (Å²) in [4.78, 5) is 9.06. The standard InChI is InChI=1S/C19H22N4O2S2/c1-14-3-5-15(6-4-14)21-27(24,25)18-13-16-17(26-18)7-8-20-19(16)23-11-9-22(2)10-12-23/h3-8,13,21H,9-12H2,1-2H3. The minimum atomic E-state index is -3.63. The monoisotopic (exact) mass is 402 g/mol. The number of nitrogens with zero attached hydrogens (tertiary/aromatic N) is 3. The predicted octanol–water partition coefficient (Wildman–Crippen LogP) is 3.16. The molecule has 0 aliphatic carbocycles. The van der Waals surface area contributed by atoms with Crippen LogP contribution in [0.5, 0.6) is 0 Å². The average Bonchev–Trinajstić information content (AvgIpc) is 3.10. The lowest BCUT2D eigenvalue weighted by Crippen LogP contribution is -2.44.